The molecule has 0 aromatic carbocycles. The van der Waals surface area contributed by atoms with Gasteiger partial charge in [0, 0.05) is 20.2 Å². The quantitative estimate of drug-likeness (QED) is 0.292. The van der Waals surface area contributed by atoms with Crippen LogP contribution < -0.4 is 15.8 Å². The predicted octanol–water partition coefficient (Wildman–Crippen LogP) is 1.25. The zero-order valence-electron chi connectivity index (χ0n) is 17.3. The summed E-state index contributed by atoms with van der Waals surface area (Å²) in [6.07, 6.45) is 5.11. The minimum atomic E-state index is -0.667. The molecule has 166 valence electrons. The highest BCUT2D eigenvalue weighted by molar-refractivity contribution is 5.80. The number of methoxy groups -OCH3 is 1. The number of halogens is 1. The minimum absolute atomic E-state index is 0.0337. The number of hydrazine groups is 1. The number of nitrogens with one attached hydrogen (secondary N) is 2. The molecule has 2 amide bonds. The molecule has 10 nitrogen and oxygen atoms in total. The molecule has 2 aliphatic rings. The molecule has 0 bridgehead atoms. The number of anilines is 2. The monoisotopic (exact) mass is 424 g/mol. The van der Waals surface area contributed by atoms with Gasteiger partial charge in [-0.05, 0) is 19.3 Å². The molecule has 3 rings (SSSR count). The van der Waals surface area contributed by atoms with E-state index in [1.54, 1.807) is 18.9 Å². The van der Waals surface area contributed by atoms with E-state index in [4.69, 9.17) is 4.74 Å². The largest absolute Gasteiger partial charge is 0.378 e. The number of aryl methyl sites for hydroxylation is 1. The van der Waals surface area contributed by atoms with Crippen molar-refractivity contribution in [2.45, 2.75) is 45.1 Å². The van der Waals surface area contributed by atoms with E-state index in [-0.39, 0.29) is 30.7 Å². The van der Waals surface area contributed by atoms with Crippen LogP contribution in [-0.4, -0.2) is 65.4 Å². The Hall–Kier alpha value is -2.53. The van der Waals surface area contributed by atoms with Crippen LogP contribution in [0.1, 0.15) is 37.9 Å². The van der Waals surface area contributed by atoms with Gasteiger partial charge in [0.2, 0.25) is 18.1 Å². The third-order valence-corrected chi connectivity index (χ3v) is 5.72. The first-order valence-electron chi connectivity index (χ1n) is 10.2. The second-order valence-corrected chi connectivity index (χ2v) is 7.94. The van der Waals surface area contributed by atoms with Gasteiger partial charge in [0.05, 0.1) is 18.6 Å². The summed E-state index contributed by atoms with van der Waals surface area (Å²) in [6, 6.07) is 0. The van der Waals surface area contributed by atoms with E-state index in [1.165, 1.54) is 0 Å². The van der Waals surface area contributed by atoms with Crippen molar-refractivity contribution in [2.24, 2.45) is 11.8 Å². The average Bonchev–Trinajstić information content (AvgIpc) is 3.20. The summed E-state index contributed by atoms with van der Waals surface area (Å²) in [5.41, 5.74) is 5.02. The Morgan fingerprint density at radius 3 is 2.73 bits per heavy atom. The van der Waals surface area contributed by atoms with Gasteiger partial charge in [-0.15, -0.1) is 0 Å². The number of aromatic nitrogens is 2. The van der Waals surface area contributed by atoms with Crippen LogP contribution in [-0.2, 0) is 14.3 Å². The van der Waals surface area contributed by atoms with Crippen molar-refractivity contribution in [3.05, 3.63) is 11.6 Å². The highest BCUT2D eigenvalue weighted by atomic mass is 19.1. The van der Waals surface area contributed by atoms with E-state index in [1.807, 2.05) is 0 Å². The fraction of sp³-hybridized carbons (Fsp3) is 0.684. The molecule has 0 radical (unpaired) electrons. The van der Waals surface area contributed by atoms with Crippen molar-refractivity contribution in [3.63, 3.8) is 0 Å². The molecule has 2 heterocycles. The fourth-order valence-electron chi connectivity index (χ4n) is 4.00. The van der Waals surface area contributed by atoms with Crippen LogP contribution in [0.5, 0.6) is 0 Å². The van der Waals surface area contributed by atoms with Gasteiger partial charge in [-0.3, -0.25) is 25.6 Å². The summed E-state index contributed by atoms with van der Waals surface area (Å²) >= 11 is 0. The van der Waals surface area contributed by atoms with Gasteiger partial charge in [-0.25, -0.2) is 15.0 Å². The Kier molecular flexibility index (Phi) is 7.38. The van der Waals surface area contributed by atoms with Gasteiger partial charge in [-0.2, -0.15) is 4.39 Å². The van der Waals surface area contributed by atoms with Crippen LogP contribution in [0.4, 0.5) is 16.0 Å². The molecule has 1 aromatic heterocycles. The molecular weight excluding hydrogens is 395 g/mol. The van der Waals surface area contributed by atoms with E-state index in [0.717, 1.165) is 25.7 Å². The summed E-state index contributed by atoms with van der Waals surface area (Å²) in [6.45, 7) is 2.56. The van der Waals surface area contributed by atoms with Crippen molar-refractivity contribution < 1.29 is 23.9 Å². The molecule has 11 heteroatoms. The normalized spacial score (nSPS) is 18.1. The number of carbonyl (C=O) groups excluding carboxylic acids is 2. The van der Waals surface area contributed by atoms with E-state index in [9.17, 15) is 19.2 Å². The van der Waals surface area contributed by atoms with Crippen LogP contribution >= 0.6 is 0 Å². The lowest BCUT2D eigenvalue weighted by Crippen LogP contribution is -2.52. The Bertz CT molecular complexity index is 755. The van der Waals surface area contributed by atoms with Crippen molar-refractivity contribution >= 4 is 24.0 Å². The number of rotatable bonds is 10. The molecule has 2 fully saturated rings. The smallest absolute Gasteiger partial charge is 0.243 e. The number of carbonyl (C=O) groups is 2. The topological polar surface area (TPSA) is 120 Å². The van der Waals surface area contributed by atoms with Crippen molar-refractivity contribution in [1.82, 2.24) is 20.5 Å². The summed E-state index contributed by atoms with van der Waals surface area (Å²) < 4.78 is 20.1. The minimum Gasteiger partial charge on any atom is -0.378 e. The molecule has 0 spiro atoms. The first kappa shape index (κ1) is 22.2. The van der Waals surface area contributed by atoms with Gasteiger partial charge < -0.3 is 9.64 Å². The van der Waals surface area contributed by atoms with Crippen LogP contribution in [0.25, 0.3) is 0 Å². The van der Waals surface area contributed by atoms with Crippen LogP contribution in [0.3, 0.4) is 0 Å². The number of hydroxylamine groups is 2. The van der Waals surface area contributed by atoms with E-state index >= 15 is 0 Å². The summed E-state index contributed by atoms with van der Waals surface area (Å²) in [5.74, 6) is -0.998. The molecule has 1 atom stereocenters. The molecule has 3 N–H and O–H groups in total. The molecular formula is C19H29FN6O4. The molecule has 1 aromatic rings. The molecule has 1 saturated carbocycles. The van der Waals surface area contributed by atoms with Crippen molar-refractivity contribution in [3.8, 4) is 0 Å². The van der Waals surface area contributed by atoms with Gasteiger partial charge >= 0.3 is 0 Å². The number of amides is 2. The summed E-state index contributed by atoms with van der Waals surface area (Å²) in [4.78, 5) is 33.4. The van der Waals surface area contributed by atoms with Gasteiger partial charge in [0.15, 0.2) is 11.6 Å². The van der Waals surface area contributed by atoms with Gasteiger partial charge in [0.1, 0.15) is 5.82 Å². The highest BCUT2D eigenvalue weighted by Gasteiger charge is 2.31. The van der Waals surface area contributed by atoms with E-state index < -0.39 is 17.6 Å². The van der Waals surface area contributed by atoms with E-state index in [0.29, 0.717) is 36.3 Å². The maximum Gasteiger partial charge on any atom is 0.243 e. The third-order valence-electron chi connectivity index (χ3n) is 5.72. The number of ether oxygens (including phenoxy) is 1. The SMILES string of the molecule is COC1CN(c2nc(C)nc(NNC(=O)[C@H](CC3CCCC3)CN(O)C=O)c2F)C1. The highest BCUT2D eigenvalue weighted by Crippen LogP contribution is 2.31. The fourth-order valence-corrected chi connectivity index (χ4v) is 4.00. The Labute approximate surface area is 174 Å². The zero-order chi connectivity index (χ0) is 21.7. The van der Waals surface area contributed by atoms with Gasteiger partial charge in [-0.1, -0.05) is 25.7 Å². The Balaban J connectivity index is 1.65. The zero-order valence-corrected chi connectivity index (χ0v) is 17.3. The number of hydrogen-bond acceptors (Lipinski definition) is 8. The maximum absolute atomic E-state index is 14.9. The van der Waals surface area contributed by atoms with E-state index in [2.05, 4.69) is 20.8 Å². The van der Waals surface area contributed by atoms with Gasteiger partial charge in [0.25, 0.3) is 0 Å². The molecule has 30 heavy (non-hydrogen) atoms. The summed E-state index contributed by atoms with van der Waals surface area (Å²) in [7, 11) is 1.60. The first-order valence-corrected chi connectivity index (χ1v) is 10.2. The predicted molar refractivity (Wildman–Crippen MR) is 106 cm³/mol. The van der Waals surface area contributed by atoms with Crippen molar-refractivity contribution in [1.29, 1.82) is 0 Å². The molecule has 1 aliphatic carbocycles. The number of nitrogens with zero attached hydrogens (tertiary/aromatic N) is 4. The first-order chi connectivity index (χ1) is 14.4. The standard InChI is InChI=1S/C19H29FN6O4/c1-12-21-17(16(20)18(22-12)25-9-15(10-25)30-2)23-24-19(28)14(8-26(29)11-27)7-13-5-3-4-6-13/h11,13-15,29H,3-10H2,1-2H3,(H,24,28)(H,21,22,23)/t14-/m1/s1. The average molecular weight is 424 g/mol. The lowest BCUT2D eigenvalue weighted by Gasteiger charge is -2.39. The molecule has 1 aliphatic heterocycles. The molecule has 0 unspecified atom stereocenters. The van der Waals surface area contributed by atoms with Crippen LogP contribution in [0, 0.1) is 24.6 Å². The Morgan fingerprint density at radius 1 is 1.40 bits per heavy atom. The summed E-state index contributed by atoms with van der Waals surface area (Å²) in [5, 5.41) is 10.0. The third kappa shape index (κ3) is 5.33. The van der Waals surface area contributed by atoms with Crippen LogP contribution in [0.15, 0.2) is 0 Å². The second-order valence-electron chi connectivity index (χ2n) is 7.94. The lowest BCUT2D eigenvalue weighted by molar-refractivity contribution is -0.154. The van der Waals surface area contributed by atoms with Crippen LogP contribution in [0.2, 0.25) is 0 Å². The van der Waals surface area contributed by atoms with Crippen molar-refractivity contribution in [2.75, 3.05) is 37.1 Å². The second kappa shape index (κ2) is 9.98. The maximum atomic E-state index is 14.9. The molecule has 1 saturated heterocycles. The lowest BCUT2D eigenvalue weighted by atomic mass is 9.92. The number of hydrogen-bond donors (Lipinski definition) is 3. The Morgan fingerprint density at radius 2 is 2.10 bits per heavy atom.